The standard InChI is InChI=1S/C16H27N7O/c1-4-5-6-22-16(17-19-20-22)12-21-7-8-24-15(10-21)11-23-14(3)9-13(2)18-23/h9,15H,4-8,10-12H2,1-3H3/t15-/m0/s1. The van der Waals surface area contributed by atoms with Crippen LogP contribution in [0.4, 0.5) is 0 Å². The summed E-state index contributed by atoms with van der Waals surface area (Å²) in [5.74, 6) is 0.940. The molecule has 0 aromatic carbocycles. The van der Waals surface area contributed by atoms with Crippen LogP contribution in [0.15, 0.2) is 6.07 Å². The summed E-state index contributed by atoms with van der Waals surface area (Å²) in [6, 6.07) is 2.10. The van der Waals surface area contributed by atoms with E-state index in [1.54, 1.807) is 0 Å². The zero-order valence-corrected chi connectivity index (χ0v) is 14.9. The van der Waals surface area contributed by atoms with Crippen molar-refractivity contribution in [1.82, 2.24) is 34.9 Å². The van der Waals surface area contributed by atoms with E-state index in [-0.39, 0.29) is 6.10 Å². The molecule has 0 saturated carbocycles. The van der Waals surface area contributed by atoms with E-state index < -0.39 is 0 Å². The highest BCUT2D eigenvalue weighted by Crippen LogP contribution is 2.12. The zero-order chi connectivity index (χ0) is 16.9. The first-order chi connectivity index (χ1) is 11.7. The molecule has 8 nitrogen and oxygen atoms in total. The van der Waals surface area contributed by atoms with Crippen LogP contribution in [-0.2, 0) is 24.4 Å². The van der Waals surface area contributed by atoms with Crippen LogP contribution in [0.25, 0.3) is 0 Å². The van der Waals surface area contributed by atoms with E-state index in [0.717, 1.165) is 63.7 Å². The molecule has 3 heterocycles. The Morgan fingerprint density at radius 3 is 2.92 bits per heavy atom. The number of unbranched alkanes of at least 4 members (excludes halogenated alkanes) is 1. The second-order valence-corrected chi connectivity index (χ2v) is 6.51. The topological polar surface area (TPSA) is 73.9 Å². The molecule has 8 heteroatoms. The fraction of sp³-hybridized carbons (Fsp3) is 0.750. The highest BCUT2D eigenvalue weighted by Gasteiger charge is 2.23. The first kappa shape index (κ1) is 17.0. The first-order valence-corrected chi connectivity index (χ1v) is 8.75. The van der Waals surface area contributed by atoms with E-state index in [9.17, 15) is 0 Å². The van der Waals surface area contributed by atoms with Crippen molar-refractivity contribution in [2.75, 3.05) is 19.7 Å². The van der Waals surface area contributed by atoms with Crippen LogP contribution in [0.3, 0.4) is 0 Å². The Hall–Kier alpha value is -1.80. The molecule has 0 N–H and O–H groups in total. The number of rotatable bonds is 7. The van der Waals surface area contributed by atoms with Crippen molar-refractivity contribution in [3.8, 4) is 0 Å². The molecule has 0 amide bonds. The van der Waals surface area contributed by atoms with E-state index in [1.165, 1.54) is 5.69 Å². The number of aryl methyl sites for hydroxylation is 3. The van der Waals surface area contributed by atoms with E-state index in [1.807, 2.05) is 16.3 Å². The van der Waals surface area contributed by atoms with Crippen molar-refractivity contribution < 1.29 is 4.74 Å². The summed E-state index contributed by atoms with van der Waals surface area (Å²) in [5, 5.41) is 16.7. The molecular formula is C16H27N7O. The molecule has 2 aromatic rings. The Balaban J connectivity index is 1.57. The smallest absolute Gasteiger partial charge is 0.165 e. The molecule has 1 atom stereocenters. The SMILES string of the molecule is CCCCn1nnnc1CN1CCO[C@H](Cn2nc(C)cc2C)C1. The minimum absolute atomic E-state index is 0.150. The van der Waals surface area contributed by atoms with Crippen molar-refractivity contribution in [1.29, 1.82) is 0 Å². The predicted octanol–water partition coefficient (Wildman–Crippen LogP) is 1.19. The second kappa shape index (κ2) is 7.85. The van der Waals surface area contributed by atoms with Crippen LogP contribution >= 0.6 is 0 Å². The van der Waals surface area contributed by atoms with E-state index >= 15 is 0 Å². The van der Waals surface area contributed by atoms with Gasteiger partial charge < -0.3 is 4.74 Å². The van der Waals surface area contributed by atoms with Crippen LogP contribution in [0.2, 0.25) is 0 Å². The van der Waals surface area contributed by atoms with E-state index in [2.05, 4.69) is 45.4 Å². The Kier molecular flexibility index (Phi) is 5.57. The lowest BCUT2D eigenvalue weighted by molar-refractivity contribution is -0.0415. The highest BCUT2D eigenvalue weighted by atomic mass is 16.5. The summed E-state index contributed by atoms with van der Waals surface area (Å²) in [5.41, 5.74) is 2.23. The minimum Gasteiger partial charge on any atom is -0.374 e. The second-order valence-electron chi connectivity index (χ2n) is 6.51. The van der Waals surface area contributed by atoms with Gasteiger partial charge in [-0.3, -0.25) is 9.58 Å². The Morgan fingerprint density at radius 1 is 1.29 bits per heavy atom. The number of hydrogen-bond donors (Lipinski definition) is 0. The summed E-state index contributed by atoms with van der Waals surface area (Å²) in [4.78, 5) is 2.37. The van der Waals surface area contributed by atoms with Crippen molar-refractivity contribution in [2.45, 2.75) is 59.4 Å². The molecule has 0 bridgehead atoms. The number of morpholine rings is 1. The van der Waals surface area contributed by atoms with Gasteiger partial charge >= 0.3 is 0 Å². The van der Waals surface area contributed by atoms with Gasteiger partial charge in [0.05, 0.1) is 31.5 Å². The van der Waals surface area contributed by atoms with Gasteiger partial charge in [-0.2, -0.15) is 5.10 Å². The fourth-order valence-corrected chi connectivity index (χ4v) is 3.11. The fourth-order valence-electron chi connectivity index (χ4n) is 3.11. The van der Waals surface area contributed by atoms with Crippen LogP contribution < -0.4 is 0 Å². The lowest BCUT2D eigenvalue weighted by atomic mass is 10.2. The van der Waals surface area contributed by atoms with Crippen LogP contribution in [-0.4, -0.2) is 60.7 Å². The van der Waals surface area contributed by atoms with Gasteiger partial charge in [0.2, 0.25) is 0 Å². The molecule has 0 spiro atoms. The lowest BCUT2D eigenvalue weighted by Gasteiger charge is -2.32. The van der Waals surface area contributed by atoms with Gasteiger partial charge in [-0.05, 0) is 36.8 Å². The van der Waals surface area contributed by atoms with Gasteiger partial charge in [0.15, 0.2) is 5.82 Å². The highest BCUT2D eigenvalue weighted by molar-refractivity contribution is 5.06. The zero-order valence-electron chi connectivity index (χ0n) is 14.9. The van der Waals surface area contributed by atoms with Gasteiger partial charge in [-0.15, -0.1) is 5.10 Å². The van der Waals surface area contributed by atoms with Crippen molar-refractivity contribution in [3.05, 3.63) is 23.3 Å². The van der Waals surface area contributed by atoms with E-state index in [4.69, 9.17) is 4.74 Å². The molecule has 0 unspecified atom stereocenters. The molecule has 132 valence electrons. The third kappa shape index (κ3) is 4.18. The predicted molar refractivity (Wildman–Crippen MR) is 89.4 cm³/mol. The summed E-state index contributed by atoms with van der Waals surface area (Å²) < 4.78 is 9.89. The van der Waals surface area contributed by atoms with E-state index in [0.29, 0.717) is 0 Å². The maximum atomic E-state index is 5.93. The van der Waals surface area contributed by atoms with Gasteiger partial charge in [-0.25, -0.2) is 4.68 Å². The summed E-state index contributed by atoms with van der Waals surface area (Å²) in [6.45, 7) is 11.3. The monoisotopic (exact) mass is 333 g/mol. The summed E-state index contributed by atoms with van der Waals surface area (Å²) in [6.07, 6.45) is 2.39. The summed E-state index contributed by atoms with van der Waals surface area (Å²) >= 11 is 0. The van der Waals surface area contributed by atoms with Crippen LogP contribution in [0, 0.1) is 13.8 Å². The first-order valence-electron chi connectivity index (χ1n) is 8.75. The third-order valence-electron chi connectivity index (χ3n) is 4.40. The molecule has 3 rings (SSSR count). The molecule has 1 aliphatic rings. The Morgan fingerprint density at radius 2 is 2.17 bits per heavy atom. The van der Waals surface area contributed by atoms with Crippen molar-refractivity contribution in [2.24, 2.45) is 0 Å². The minimum atomic E-state index is 0.150. The summed E-state index contributed by atoms with van der Waals surface area (Å²) in [7, 11) is 0. The molecule has 0 radical (unpaired) electrons. The van der Waals surface area contributed by atoms with Crippen LogP contribution in [0.1, 0.15) is 37.0 Å². The average Bonchev–Trinajstić information content (AvgIpc) is 3.12. The Labute approximate surface area is 142 Å². The normalized spacial score (nSPS) is 19.0. The van der Waals surface area contributed by atoms with Crippen molar-refractivity contribution >= 4 is 0 Å². The number of nitrogens with zero attached hydrogens (tertiary/aromatic N) is 7. The quantitative estimate of drug-likeness (QED) is 0.758. The molecule has 1 aliphatic heterocycles. The largest absolute Gasteiger partial charge is 0.374 e. The Bertz CT molecular complexity index is 651. The molecule has 2 aromatic heterocycles. The third-order valence-corrected chi connectivity index (χ3v) is 4.40. The van der Waals surface area contributed by atoms with Gasteiger partial charge in [-0.1, -0.05) is 13.3 Å². The molecule has 1 fully saturated rings. The number of tetrazole rings is 1. The number of hydrogen-bond acceptors (Lipinski definition) is 6. The molecule has 24 heavy (non-hydrogen) atoms. The molecule has 1 saturated heterocycles. The maximum absolute atomic E-state index is 5.93. The molecular weight excluding hydrogens is 306 g/mol. The van der Waals surface area contributed by atoms with Gasteiger partial charge in [0, 0.05) is 25.3 Å². The van der Waals surface area contributed by atoms with Crippen molar-refractivity contribution in [3.63, 3.8) is 0 Å². The maximum Gasteiger partial charge on any atom is 0.165 e. The van der Waals surface area contributed by atoms with Gasteiger partial charge in [0.25, 0.3) is 0 Å². The lowest BCUT2D eigenvalue weighted by Crippen LogP contribution is -2.44. The average molecular weight is 333 g/mol. The van der Waals surface area contributed by atoms with Crippen LogP contribution in [0.5, 0.6) is 0 Å². The molecule has 0 aliphatic carbocycles. The van der Waals surface area contributed by atoms with Gasteiger partial charge in [0.1, 0.15) is 0 Å². The number of ether oxygens (including phenoxy) is 1. The number of aromatic nitrogens is 6.